The van der Waals surface area contributed by atoms with Crippen molar-refractivity contribution in [3.8, 4) is 5.75 Å². The van der Waals surface area contributed by atoms with Gasteiger partial charge in [0.15, 0.2) is 0 Å². The van der Waals surface area contributed by atoms with Gasteiger partial charge in [0.2, 0.25) is 0 Å². The summed E-state index contributed by atoms with van der Waals surface area (Å²) in [5.41, 5.74) is 0.664. The summed E-state index contributed by atoms with van der Waals surface area (Å²) in [6.07, 6.45) is 5.31. The van der Waals surface area contributed by atoms with Crippen LogP contribution in [0.4, 0.5) is 0 Å². The van der Waals surface area contributed by atoms with Crippen LogP contribution in [-0.4, -0.2) is 17.2 Å². The summed E-state index contributed by atoms with van der Waals surface area (Å²) in [6, 6.07) is 6.67. The number of rotatable bonds is 3. The molecular weight excluding hydrogens is 228 g/mol. The van der Waals surface area contributed by atoms with Gasteiger partial charge in [-0.2, -0.15) is 0 Å². The molecular formula is C15H18O3. The summed E-state index contributed by atoms with van der Waals surface area (Å²) in [5.74, 6) is -0.369. The van der Waals surface area contributed by atoms with Crippen LogP contribution in [0.15, 0.2) is 30.8 Å². The number of benzene rings is 1. The number of para-hydroxylation sites is 1. The zero-order valence-electron chi connectivity index (χ0n) is 10.4. The maximum atomic E-state index is 11.9. The summed E-state index contributed by atoms with van der Waals surface area (Å²) in [5, 5.41) is 9.67. The summed E-state index contributed by atoms with van der Waals surface area (Å²) >= 11 is 0. The fourth-order valence-electron chi connectivity index (χ4n) is 2.24. The first-order valence-corrected chi connectivity index (χ1v) is 6.36. The van der Waals surface area contributed by atoms with Crippen LogP contribution in [0.1, 0.15) is 37.7 Å². The van der Waals surface area contributed by atoms with Gasteiger partial charge in [-0.1, -0.05) is 31.2 Å². The minimum absolute atomic E-state index is 0.00820. The first-order valence-electron chi connectivity index (χ1n) is 6.36. The van der Waals surface area contributed by atoms with Crippen molar-refractivity contribution in [2.24, 2.45) is 0 Å². The van der Waals surface area contributed by atoms with E-state index >= 15 is 0 Å². The Balaban J connectivity index is 2.00. The van der Waals surface area contributed by atoms with Crippen LogP contribution in [0.3, 0.4) is 0 Å². The van der Waals surface area contributed by atoms with Crippen LogP contribution in [0, 0.1) is 0 Å². The molecule has 1 aromatic rings. The molecule has 1 N–H and O–H groups in total. The summed E-state index contributed by atoms with van der Waals surface area (Å²) in [4.78, 5) is 11.9. The van der Waals surface area contributed by atoms with Crippen molar-refractivity contribution in [1.29, 1.82) is 0 Å². The second-order valence-electron chi connectivity index (χ2n) is 4.66. The zero-order chi connectivity index (χ0) is 13.0. The lowest BCUT2D eigenvalue weighted by molar-refractivity contribution is -0.143. The van der Waals surface area contributed by atoms with E-state index < -0.39 is 5.97 Å². The van der Waals surface area contributed by atoms with Gasteiger partial charge in [-0.3, -0.25) is 0 Å². The third-order valence-electron chi connectivity index (χ3n) is 3.30. The molecule has 0 bridgehead atoms. The lowest BCUT2D eigenvalue weighted by Gasteiger charge is -2.22. The van der Waals surface area contributed by atoms with E-state index in [1.54, 1.807) is 18.2 Å². The van der Waals surface area contributed by atoms with Gasteiger partial charge in [0.05, 0.1) is 5.57 Å². The highest BCUT2D eigenvalue weighted by molar-refractivity contribution is 6.16. The Morgan fingerprint density at radius 3 is 2.56 bits per heavy atom. The highest BCUT2D eigenvalue weighted by Crippen LogP contribution is 2.26. The molecule has 1 aromatic carbocycles. The second kappa shape index (κ2) is 5.71. The number of hydrogen-bond acceptors (Lipinski definition) is 3. The standard InChI is InChI=1S/C15H18O3/c1-11(13-9-5-6-10-14(13)16)15(17)18-12-7-3-2-4-8-12/h5-6,9-10,12,16H,1-4,7-8H2. The van der Waals surface area contributed by atoms with E-state index in [9.17, 15) is 9.90 Å². The van der Waals surface area contributed by atoms with Crippen LogP contribution < -0.4 is 0 Å². The maximum absolute atomic E-state index is 11.9. The van der Waals surface area contributed by atoms with E-state index in [2.05, 4.69) is 6.58 Å². The van der Waals surface area contributed by atoms with Crippen molar-refractivity contribution in [2.45, 2.75) is 38.2 Å². The molecule has 0 spiro atoms. The third kappa shape index (κ3) is 2.92. The topological polar surface area (TPSA) is 46.5 Å². The van der Waals surface area contributed by atoms with Crippen molar-refractivity contribution >= 4 is 11.5 Å². The summed E-state index contributed by atoms with van der Waals surface area (Å²) in [7, 11) is 0. The average Bonchev–Trinajstić information content (AvgIpc) is 2.39. The zero-order valence-corrected chi connectivity index (χ0v) is 10.4. The van der Waals surface area contributed by atoms with E-state index in [1.807, 2.05) is 0 Å². The Morgan fingerprint density at radius 2 is 1.89 bits per heavy atom. The number of esters is 1. The van der Waals surface area contributed by atoms with Crippen LogP contribution in [0.5, 0.6) is 5.75 Å². The summed E-state index contributed by atoms with van der Waals surface area (Å²) < 4.78 is 5.41. The maximum Gasteiger partial charge on any atom is 0.338 e. The molecule has 0 aliphatic heterocycles. The number of phenolic OH excluding ortho intramolecular Hbond substituents is 1. The molecule has 1 fully saturated rings. The van der Waals surface area contributed by atoms with Gasteiger partial charge in [0.25, 0.3) is 0 Å². The minimum Gasteiger partial charge on any atom is -0.507 e. The van der Waals surface area contributed by atoms with Crippen molar-refractivity contribution in [2.75, 3.05) is 0 Å². The van der Waals surface area contributed by atoms with Crippen molar-refractivity contribution < 1.29 is 14.6 Å². The normalized spacial score (nSPS) is 16.2. The predicted octanol–water partition coefficient (Wildman–Crippen LogP) is 3.28. The lowest BCUT2D eigenvalue weighted by Crippen LogP contribution is -2.21. The Bertz CT molecular complexity index is 445. The van der Waals surface area contributed by atoms with Gasteiger partial charge in [-0.25, -0.2) is 4.79 Å². The van der Waals surface area contributed by atoms with Gasteiger partial charge in [-0.05, 0) is 31.7 Å². The van der Waals surface area contributed by atoms with Gasteiger partial charge in [0, 0.05) is 5.56 Å². The smallest absolute Gasteiger partial charge is 0.338 e. The predicted molar refractivity (Wildman–Crippen MR) is 70.1 cm³/mol. The van der Waals surface area contributed by atoms with Gasteiger partial charge in [0.1, 0.15) is 11.9 Å². The van der Waals surface area contributed by atoms with Gasteiger partial charge < -0.3 is 9.84 Å². The molecule has 1 aliphatic rings. The number of ether oxygens (including phenoxy) is 1. The Hall–Kier alpha value is -1.77. The largest absolute Gasteiger partial charge is 0.507 e. The van der Waals surface area contributed by atoms with E-state index in [0.29, 0.717) is 5.56 Å². The SMILES string of the molecule is C=C(C(=O)OC1CCCCC1)c1ccccc1O. The molecule has 1 aliphatic carbocycles. The number of hydrogen-bond donors (Lipinski definition) is 1. The van der Waals surface area contributed by atoms with Crippen LogP contribution in [-0.2, 0) is 9.53 Å². The van der Waals surface area contributed by atoms with Crippen molar-refractivity contribution in [3.63, 3.8) is 0 Å². The number of aromatic hydroxyl groups is 1. The molecule has 1 saturated carbocycles. The molecule has 0 radical (unpaired) electrons. The Morgan fingerprint density at radius 1 is 1.22 bits per heavy atom. The van der Waals surface area contributed by atoms with E-state index in [4.69, 9.17) is 4.74 Å². The fourth-order valence-corrected chi connectivity index (χ4v) is 2.24. The lowest BCUT2D eigenvalue weighted by atomic mass is 9.97. The molecule has 0 heterocycles. The molecule has 0 atom stereocenters. The number of carbonyl (C=O) groups is 1. The van der Waals surface area contributed by atoms with Crippen LogP contribution in [0.2, 0.25) is 0 Å². The quantitative estimate of drug-likeness (QED) is 0.657. The molecule has 0 saturated heterocycles. The van der Waals surface area contributed by atoms with Gasteiger partial charge in [-0.15, -0.1) is 0 Å². The fraction of sp³-hybridized carbons (Fsp3) is 0.400. The minimum atomic E-state index is -0.427. The molecule has 0 aromatic heterocycles. The monoisotopic (exact) mass is 246 g/mol. The first kappa shape index (κ1) is 12.7. The number of carbonyl (C=O) groups excluding carboxylic acids is 1. The molecule has 18 heavy (non-hydrogen) atoms. The Kier molecular flexibility index (Phi) is 4.03. The molecule has 3 nitrogen and oxygen atoms in total. The average molecular weight is 246 g/mol. The van der Waals surface area contributed by atoms with Crippen LogP contribution >= 0.6 is 0 Å². The van der Waals surface area contributed by atoms with Crippen LogP contribution in [0.25, 0.3) is 5.57 Å². The highest BCUT2D eigenvalue weighted by Gasteiger charge is 2.21. The molecule has 2 rings (SSSR count). The highest BCUT2D eigenvalue weighted by atomic mass is 16.5. The molecule has 3 heteroatoms. The van der Waals surface area contributed by atoms with E-state index in [-0.39, 0.29) is 17.4 Å². The molecule has 96 valence electrons. The van der Waals surface area contributed by atoms with Crippen molar-refractivity contribution in [1.82, 2.24) is 0 Å². The van der Waals surface area contributed by atoms with Crippen molar-refractivity contribution in [3.05, 3.63) is 36.4 Å². The molecule has 0 amide bonds. The second-order valence-corrected chi connectivity index (χ2v) is 4.66. The molecule has 0 unspecified atom stereocenters. The number of phenols is 1. The van der Waals surface area contributed by atoms with Gasteiger partial charge >= 0.3 is 5.97 Å². The summed E-state index contributed by atoms with van der Waals surface area (Å²) in [6.45, 7) is 3.72. The Labute approximate surface area is 107 Å². The van der Waals surface area contributed by atoms with E-state index in [1.165, 1.54) is 12.5 Å². The first-order chi connectivity index (χ1) is 8.68. The third-order valence-corrected chi connectivity index (χ3v) is 3.30. The van der Waals surface area contributed by atoms with E-state index in [0.717, 1.165) is 25.7 Å².